The first-order valence-corrected chi connectivity index (χ1v) is 10.1. The van der Waals surface area contributed by atoms with Crippen molar-refractivity contribution in [2.24, 2.45) is 0 Å². The van der Waals surface area contributed by atoms with Crippen LogP contribution >= 0.6 is 22.7 Å². The van der Waals surface area contributed by atoms with Gasteiger partial charge in [0, 0.05) is 10.9 Å². The van der Waals surface area contributed by atoms with Crippen molar-refractivity contribution in [1.82, 2.24) is 9.97 Å². The van der Waals surface area contributed by atoms with Crippen LogP contribution in [0.2, 0.25) is 0 Å². The number of amides is 1. The van der Waals surface area contributed by atoms with E-state index in [1.807, 2.05) is 35.7 Å². The van der Waals surface area contributed by atoms with Crippen molar-refractivity contribution in [1.29, 1.82) is 0 Å². The van der Waals surface area contributed by atoms with Gasteiger partial charge < -0.3 is 10.1 Å². The molecule has 0 unspecified atom stereocenters. The number of thiazole rings is 2. The molecule has 4 aromatic rings. The Kier molecular flexibility index (Phi) is 4.87. The number of methoxy groups -OCH3 is 1. The van der Waals surface area contributed by atoms with E-state index in [1.54, 1.807) is 18.4 Å². The standard InChI is InChI=1S/C20H17N3O2S2/c1-12-3-5-13(6-4-12)19-21-14(11-26-19)9-18(24)23-20-22-16-8-7-15(25-2)10-17(16)27-20/h3-8,10-11H,9H2,1-2H3,(H,22,23,24). The lowest BCUT2D eigenvalue weighted by Crippen LogP contribution is -2.14. The van der Waals surface area contributed by atoms with Gasteiger partial charge in [-0.25, -0.2) is 9.97 Å². The molecule has 7 heteroatoms. The molecular formula is C20H17N3O2S2. The molecule has 2 aromatic heterocycles. The van der Waals surface area contributed by atoms with Gasteiger partial charge in [-0.3, -0.25) is 4.79 Å². The van der Waals surface area contributed by atoms with E-state index in [-0.39, 0.29) is 12.3 Å². The Hall–Kier alpha value is -2.77. The van der Waals surface area contributed by atoms with Crippen LogP contribution in [-0.4, -0.2) is 23.0 Å². The van der Waals surface area contributed by atoms with E-state index in [9.17, 15) is 4.79 Å². The fraction of sp³-hybridized carbons (Fsp3) is 0.150. The molecule has 136 valence electrons. The van der Waals surface area contributed by atoms with E-state index in [0.717, 1.165) is 32.2 Å². The lowest BCUT2D eigenvalue weighted by atomic mass is 10.2. The second-order valence-electron chi connectivity index (χ2n) is 6.09. The second kappa shape index (κ2) is 7.46. The van der Waals surface area contributed by atoms with Crippen molar-refractivity contribution in [3.05, 3.63) is 59.1 Å². The van der Waals surface area contributed by atoms with E-state index in [1.165, 1.54) is 16.9 Å². The number of carbonyl (C=O) groups is 1. The van der Waals surface area contributed by atoms with Gasteiger partial charge >= 0.3 is 0 Å². The Balaban J connectivity index is 1.44. The highest BCUT2D eigenvalue weighted by molar-refractivity contribution is 7.22. The molecule has 0 saturated carbocycles. The molecule has 1 amide bonds. The summed E-state index contributed by atoms with van der Waals surface area (Å²) < 4.78 is 6.19. The predicted molar refractivity (Wildman–Crippen MR) is 111 cm³/mol. The number of benzene rings is 2. The van der Waals surface area contributed by atoms with Crippen LogP contribution in [0, 0.1) is 6.92 Å². The van der Waals surface area contributed by atoms with E-state index in [2.05, 4.69) is 34.3 Å². The molecule has 0 fully saturated rings. The first-order valence-electron chi connectivity index (χ1n) is 8.36. The van der Waals surface area contributed by atoms with E-state index in [4.69, 9.17) is 4.74 Å². The highest BCUT2D eigenvalue weighted by Crippen LogP contribution is 2.29. The number of rotatable bonds is 5. The largest absolute Gasteiger partial charge is 0.497 e. The number of hydrogen-bond donors (Lipinski definition) is 1. The van der Waals surface area contributed by atoms with Gasteiger partial charge in [0.25, 0.3) is 0 Å². The number of nitrogens with zero attached hydrogens (tertiary/aromatic N) is 2. The lowest BCUT2D eigenvalue weighted by Gasteiger charge is -1.99. The lowest BCUT2D eigenvalue weighted by molar-refractivity contribution is -0.115. The first-order chi connectivity index (χ1) is 13.1. The van der Waals surface area contributed by atoms with Crippen molar-refractivity contribution in [3.63, 3.8) is 0 Å². The summed E-state index contributed by atoms with van der Waals surface area (Å²) in [7, 11) is 1.63. The fourth-order valence-electron chi connectivity index (χ4n) is 2.63. The fourth-order valence-corrected chi connectivity index (χ4v) is 4.37. The van der Waals surface area contributed by atoms with Crippen LogP contribution in [-0.2, 0) is 11.2 Å². The van der Waals surface area contributed by atoms with Gasteiger partial charge in [-0.2, -0.15) is 0 Å². The summed E-state index contributed by atoms with van der Waals surface area (Å²) in [5, 5.41) is 6.30. The van der Waals surface area contributed by atoms with Crippen LogP contribution in [0.4, 0.5) is 5.13 Å². The van der Waals surface area contributed by atoms with Gasteiger partial charge in [0.2, 0.25) is 5.91 Å². The highest BCUT2D eigenvalue weighted by atomic mass is 32.1. The maximum atomic E-state index is 12.4. The number of anilines is 1. The van der Waals surface area contributed by atoms with Crippen LogP contribution < -0.4 is 10.1 Å². The van der Waals surface area contributed by atoms with Crippen LogP contribution in [0.1, 0.15) is 11.3 Å². The number of carbonyl (C=O) groups excluding carboxylic acids is 1. The van der Waals surface area contributed by atoms with Gasteiger partial charge in [-0.1, -0.05) is 41.2 Å². The zero-order valence-corrected chi connectivity index (χ0v) is 16.5. The maximum absolute atomic E-state index is 12.4. The maximum Gasteiger partial charge on any atom is 0.232 e. The summed E-state index contributed by atoms with van der Waals surface area (Å²) in [6.45, 7) is 2.06. The summed E-state index contributed by atoms with van der Waals surface area (Å²) in [4.78, 5) is 21.4. The summed E-state index contributed by atoms with van der Waals surface area (Å²) in [6.07, 6.45) is 0.224. The quantitative estimate of drug-likeness (QED) is 0.521. The molecule has 0 aliphatic carbocycles. The van der Waals surface area contributed by atoms with Crippen LogP contribution in [0.5, 0.6) is 5.75 Å². The summed E-state index contributed by atoms with van der Waals surface area (Å²) >= 11 is 2.97. The average Bonchev–Trinajstić information content (AvgIpc) is 3.27. The minimum absolute atomic E-state index is 0.123. The summed E-state index contributed by atoms with van der Waals surface area (Å²) in [6, 6.07) is 13.9. The molecule has 0 saturated heterocycles. The molecule has 0 atom stereocenters. The smallest absolute Gasteiger partial charge is 0.232 e. The summed E-state index contributed by atoms with van der Waals surface area (Å²) in [5.41, 5.74) is 3.88. The molecule has 4 rings (SSSR count). The van der Waals surface area contributed by atoms with E-state index < -0.39 is 0 Å². The zero-order valence-electron chi connectivity index (χ0n) is 14.9. The Morgan fingerprint density at radius 2 is 1.96 bits per heavy atom. The van der Waals surface area contributed by atoms with Gasteiger partial charge in [-0.15, -0.1) is 11.3 Å². The molecule has 1 N–H and O–H groups in total. The van der Waals surface area contributed by atoms with Gasteiger partial charge in [0.15, 0.2) is 5.13 Å². The Labute approximate surface area is 164 Å². The van der Waals surface area contributed by atoms with Gasteiger partial charge in [0.05, 0.1) is 29.4 Å². The Bertz CT molecular complexity index is 1100. The first kappa shape index (κ1) is 17.6. The molecule has 2 aromatic carbocycles. The molecule has 0 aliphatic rings. The highest BCUT2D eigenvalue weighted by Gasteiger charge is 2.12. The third kappa shape index (κ3) is 3.99. The van der Waals surface area contributed by atoms with Crippen molar-refractivity contribution in [2.75, 3.05) is 12.4 Å². The van der Waals surface area contributed by atoms with Crippen LogP contribution in [0.25, 0.3) is 20.8 Å². The Morgan fingerprint density at radius 3 is 2.74 bits per heavy atom. The molecular weight excluding hydrogens is 378 g/mol. The van der Waals surface area contributed by atoms with Crippen LogP contribution in [0.15, 0.2) is 47.8 Å². The topological polar surface area (TPSA) is 64.1 Å². The third-order valence-electron chi connectivity index (χ3n) is 4.03. The number of aryl methyl sites for hydroxylation is 1. The zero-order chi connectivity index (χ0) is 18.8. The third-order valence-corrected chi connectivity index (χ3v) is 5.91. The number of aromatic nitrogens is 2. The molecule has 5 nitrogen and oxygen atoms in total. The number of nitrogens with one attached hydrogen (secondary N) is 1. The normalized spacial score (nSPS) is 10.9. The molecule has 0 radical (unpaired) electrons. The van der Waals surface area contributed by atoms with E-state index >= 15 is 0 Å². The molecule has 27 heavy (non-hydrogen) atoms. The number of hydrogen-bond acceptors (Lipinski definition) is 6. The minimum atomic E-state index is -0.123. The predicted octanol–water partition coefficient (Wildman–Crippen LogP) is 4.92. The molecule has 0 aliphatic heterocycles. The van der Waals surface area contributed by atoms with Crippen molar-refractivity contribution >= 4 is 43.9 Å². The monoisotopic (exact) mass is 395 g/mol. The number of ether oxygens (including phenoxy) is 1. The molecule has 0 bridgehead atoms. The number of fused-ring (bicyclic) bond motifs is 1. The van der Waals surface area contributed by atoms with Crippen molar-refractivity contribution < 1.29 is 9.53 Å². The average molecular weight is 396 g/mol. The van der Waals surface area contributed by atoms with Crippen molar-refractivity contribution in [3.8, 4) is 16.3 Å². The Morgan fingerprint density at radius 1 is 1.15 bits per heavy atom. The van der Waals surface area contributed by atoms with Gasteiger partial charge in [0.1, 0.15) is 10.8 Å². The summed E-state index contributed by atoms with van der Waals surface area (Å²) in [5.74, 6) is 0.650. The second-order valence-corrected chi connectivity index (χ2v) is 7.98. The molecule has 2 heterocycles. The molecule has 0 spiro atoms. The SMILES string of the molecule is COc1ccc2nc(NC(=O)Cc3csc(-c4ccc(C)cc4)n3)sc2c1. The van der Waals surface area contributed by atoms with Crippen LogP contribution in [0.3, 0.4) is 0 Å². The minimum Gasteiger partial charge on any atom is -0.497 e. The van der Waals surface area contributed by atoms with E-state index in [0.29, 0.717) is 5.13 Å². The van der Waals surface area contributed by atoms with Gasteiger partial charge in [-0.05, 0) is 25.1 Å². The van der Waals surface area contributed by atoms with Crippen molar-refractivity contribution in [2.45, 2.75) is 13.3 Å².